The van der Waals surface area contributed by atoms with Crippen molar-refractivity contribution in [3.8, 4) is 17.2 Å². The Balaban J connectivity index is 0.000000509. The van der Waals surface area contributed by atoms with Crippen molar-refractivity contribution in [2.75, 3.05) is 30.4 Å². The summed E-state index contributed by atoms with van der Waals surface area (Å²) in [5.74, 6) is 0. The molecule has 32 heavy (non-hydrogen) atoms. The van der Waals surface area contributed by atoms with Crippen LogP contribution in [0.5, 0.6) is 0 Å². The second-order valence-corrected chi connectivity index (χ2v) is 8.22. The van der Waals surface area contributed by atoms with Crippen molar-refractivity contribution in [1.29, 1.82) is 5.26 Å². The highest BCUT2D eigenvalue weighted by molar-refractivity contribution is 6.35. The third kappa shape index (κ3) is 6.73. The molecule has 7 heteroatoms. The number of carbonyl (C=O) groups is 1. The minimum absolute atomic E-state index is 0.312. The van der Waals surface area contributed by atoms with E-state index in [1.54, 1.807) is 31.3 Å². The highest BCUT2D eigenvalue weighted by atomic mass is 35.5. The maximum atomic E-state index is 12.5. The van der Waals surface area contributed by atoms with E-state index in [-0.39, 0.29) is 6.03 Å². The van der Waals surface area contributed by atoms with E-state index in [2.05, 4.69) is 16.7 Å². The van der Waals surface area contributed by atoms with Crippen LogP contribution in [0.25, 0.3) is 11.1 Å². The number of nitrogens with zero attached hydrogens (tertiary/aromatic N) is 2. The van der Waals surface area contributed by atoms with E-state index in [1.807, 2.05) is 42.5 Å². The molecule has 0 spiro atoms. The fourth-order valence-corrected chi connectivity index (χ4v) is 3.75. The van der Waals surface area contributed by atoms with Gasteiger partial charge in [-0.3, -0.25) is 4.90 Å². The lowest BCUT2D eigenvalue weighted by Gasteiger charge is -2.19. The Hall–Kier alpha value is -3.04. The highest BCUT2D eigenvalue weighted by Crippen LogP contribution is 2.25. The molecule has 164 valence electrons. The van der Waals surface area contributed by atoms with Gasteiger partial charge in [-0.15, -0.1) is 0 Å². The van der Waals surface area contributed by atoms with E-state index in [0.29, 0.717) is 21.3 Å². The number of halogens is 2. The van der Waals surface area contributed by atoms with Crippen molar-refractivity contribution in [2.24, 2.45) is 0 Å². The van der Waals surface area contributed by atoms with Crippen LogP contribution in [-0.2, 0) is 0 Å². The van der Waals surface area contributed by atoms with Crippen molar-refractivity contribution in [3.05, 3.63) is 82.3 Å². The summed E-state index contributed by atoms with van der Waals surface area (Å²) in [7, 11) is 1.67. The fraction of sp³-hybridized carbons (Fsp3) is 0.200. The van der Waals surface area contributed by atoms with E-state index >= 15 is 0 Å². The summed E-state index contributed by atoms with van der Waals surface area (Å²) >= 11 is 11.9. The molecule has 0 aliphatic carbocycles. The lowest BCUT2D eigenvalue weighted by Crippen LogP contribution is -2.31. The van der Waals surface area contributed by atoms with Gasteiger partial charge < -0.3 is 10.6 Å². The molecule has 3 aromatic rings. The lowest BCUT2D eigenvalue weighted by atomic mass is 10.0. The summed E-state index contributed by atoms with van der Waals surface area (Å²) in [6, 6.07) is 21.6. The van der Waals surface area contributed by atoms with E-state index in [4.69, 9.17) is 28.5 Å². The van der Waals surface area contributed by atoms with Gasteiger partial charge in [0.25, 0.3) is 0 Å². The number of benzene rings is 3. The van der Waals surface area contributed by atoms with Gasteiger partial charge in [-0.25, -0.2) is 4.79 Å². The van der Waals surface area contributed by atoms with E-state index in [9.17, 15) is 4.79 Å². The zero-order valence-electron chi connectivity index (χ0n) is 17.7. The minimum Gasteiger partial charge on any atom is -0.317 e. The topological polar surface area (TPSA) is 68.2 Å². The Morgan fingerprint density at radius 1 is 0.969 bits per heavy atom. The number of anilines is 2. The molecule has 4 rings (SSSR count). The van der Waals surface area contributed by atoms with Crippen molar-refractivity contribution in [2.45, 2.75) is 12.8 Å². The number of urea groups is 1. The second-order valence-electron chi connectivity index (χ2n) is 7.34. The quantitative estimate of drug-likeness (QED) is 0.458. The summed E-state index contributed by atoms with van der Waals surface area (Å²) in [6.45, 7) is 2.50. The van der Waals surface area contributed by atoms with Gasteiger partial charge in [0.15, 0.2) is 0 Å². The summed E-state index contributed by atoms with van der Waals surface area (Å²) in [4.78, 5) is 14.0. The molecule has 0 saturated carbocycles. The van der Waals surface area contributed by atoms with Crippen LogP contribution in [0.4, 0.5) is 16.2 Å². The Morgan fingerprint density at radius 2 is 1.62 bits per heavy atom. The molecular formula is C25H24Cl2N4O. The smallest absolute Gasteiger partial charge is 0.317 e. The highest BCUT2D eigenvalue weighted by Gasteiger charge is 2.12. The zero-order chi connectivity index (χ0) is 22.9. The van der Waals surface area contributed by atoms with Gasteiger partial charge in [0, 0.05) is 28.5 Å². The Kier molecular flexibility index (Phi) is 8.52. The van der Waals surface area contributed by atoms with Crippen LogP contribution in [0.15, 0.2) is 66.7 Å². The van der Waals surface area contributed by atoms with Crippen molar-refractivity contribution >= 4 is 40.6 Å². The predicted molar refractivity (Wildman–Crippen MR) is 133 cm³/mol. The van der Waals surface area contributed by atoms with E-state index in [1.165, 1.54) is 30.8 Å². The SMILES string of the molecule is C1CCNC1.CN(C(=O)Nc1cc(Cl)cc(Cl)c1)c1ccc(-c2cccc(C#N)c2)cc1. The predicted octanol–water partition coefficient (Wildman–Crippen LogP) is 6.57. The third-order valence-corrected chi connectivity index (χ3v) is 5.39. The summed E-state index contributed by atoms with van der Waals surface area (Å²) < 4.78 is 0. The molecule has 0 atom stereocenters. The molecule has 2 amide bonds. The number of hydrogen-bond acceptors (Lipinski definition) is 3. The first-order chi connectivity index (χ1) is 15.5. The number of rotatable bonds is 3. The van der Waals surface area contributed by atoms with Crippen LogP contribution in [-0.4, -0.2) is 26.2 Å². The van der Waals surface area contributed by atoms with Crippen molar-refractivity contribution < 1.29 is 4.79 Å². The number of nitriles is 1. The van der Waals surface area contributed by atoms with E-state index < -0.39 is 0 Å². The van der Waals surface area contributed by atoms with Crippen LogP contribution < -0.4 is 15.5 Å². The van der Waals surface area contributed by atoms with Crippen LogP contribution in [0.3, 0.4) is 0 Å². The molecule has 0 bridgehead atoms. The molecule has 1 aliphatic rings. The average molecular weight is 467 g/mol. The van der Waals surface area contributed by atoms with Crippen LogP contribution in [0.2, 0.25) is 10.0 Å². The molecular weight excluding hydrogens is 443 g/mol. The largest absolute Gasteiger partial charge is 0.326 e. The molecule has 1 heterocycles. The minimum atomic E-state index is -0.312. The third-order valence-electron chi connectivity index (χ3n) is 4.96. The maximum Gasteiger partial charge on any atom is 0.326 e. The molecule has 5 nitrogen and oxygen atoms in total. The normalized spacial score (nSPS) is 12.3. The first-order valence-electron chi connectivity index (χ1n) is 10.3. The number of amides is 2. The monoisotopic (exact) mass is 466 g/mol. The van der Waals surface area contributed by atoms with Gasteiger partial charge in [-0.05, 0) is 79.5 Å². The average Bonchev–Trinajstić information content (AvgIpc) is 3.38. The molecule has 0 radical (unpaired) electrons. The number of carbonyl (C=O) groups excluding carboxylic acids is 1. The maximum absolute atomic E-state index is 12.5. The summed E-state index contributed by atoms with van der Waals surface area (Å²) in [6.07, 6.45) is 2.78. The molecule has 1 fully saturated rings. The molecule has 1 aliphatic heterocycles. The molecule has 0 unspecified atom stereocenters. The van der Waals surface area contributed by atoms with E-state index in [0.717, 1.165) is 16.8 Å². The van der Waals surface area contributed by atoms with Crippen LogP contribution in [0, 0.1) is 11.3 Å². The Morgan fingerprint density at radius 3 is 2.19 bits per heavy atom. The molecule has 0 aromatic heterocycles. The number of hydrogen-bond donors (Lipinski definition) is 2. The van der Waals surface area contributed by atoms with Crippen molar-refractivity contribution in [1.82, 2.24) is 5.32 Å². The van der Waals surface area contributed by atoms with Crippen LogP contribution >= 0.6 is 23.2 Å². The standard InChI is InChI=1S/C21H15Cl2N3O.C4H9N/c1-26(21(27)25-19-11-17(22)10-18(23)12-19)20-7-5-15(6-8-20)16-4-2-3-14(9-16)13-24;1-2-4-5-3-1/h2-12H,1H3,(H,25,27);5H,1-4H2. The molecule has 1 saturated heterocycles. The van der Waals surface area contributed by atoms with Gasteiger partial charge in [0.2, 0.25) is 0 Å². The van der Waals surface area contributed by atoms with Gasteiger partial charge in [0.1, 0.15) is 0 Å². The molecule has 2 N–H and O–H groups in total. The lowest BCUT2D eigenvalue weighted by molar-refractivity contribution is 0.258. The van der Waals surface area contributed by atoms with Gasteiger partial charge in [-0.1, -0.05) is 47.5 Å². The first kappa shape index (κ1) is 23.6. The van der Waals surface area contributed by atoms with Gasteiger partial charge in [0.05, 0.1) is 11.6 Å². The Labute approximate surface area is 198 Å². The number of nitrogens with one attached hydrogen (secondary N) is 2. The van der Waals surface area contributed by atoms with Crippen molar-refractivity contribution in [3.63, 3.8) is 0 Å². The zero-order valence-corrected chi connectivity index (χ0v) is 19.2. The molecule has 3 aromatic carbocycles. The Bertz CT molecular complexity index is 1080. The fourth-order valence-electron chi connectivity index (χ4n) is 3.22. The summed E-state index contributed by atoms with van der Waals surface area (Å²) in [5, 5.41) is 15.9. The summed E-state index contributed by atoms with van der Waals surface area (Å²) in [5.41, 5.74) is 3.76. The van der Waals surface area contributed by atoms with Gasteiger partial charge in [-0.2, -0.15) is 5.26 Å². The first-order valence-corrected chi connectivity index (χ1v) is 11.0. The second kappa shape index (κ2) is 11.5. The van der Waals surface area contributed by atoms with Crippen LogP contribution in [0.1, 0.15) is 18.4 Å². The van der Waals surface area contributed by atoms with Gasteiger partial charge >= 0.3 is 6.03 Å².